The number of carbonyl (C=O) groups excluding carboxylic acids is 2. The number of hydrogen-bond acceptors (Lipinski definition) is 4. The third kappa shape index (κ3) is 3.19. The fourth-order valence-corrected chi connectivity index (χ4v) is 4.82. The lowest BCUT2D eigenvalue weighted by Gasteiger charge is -2.38. The smallest absolute Gasteiger partial charge is 0.270 e. The zero-order valence-corrected chi connectivity index (χ0v) is 16.7. The molecule has 1 aliphatic rings. The van der Waals surface area contributed by atoms with E-state index < -0.39 is 5.92 Å². The van der Waals surface area contributed by atoms with Gasteiger partial charge < -0.3 is 10.6 Å². The molecule has 2 heterocycles. The number of halogens is 1. The van der Waals surface area contributed by atoms with Crippen LogP contribution in [0.4, 0.5) is 5.69 Å². The number of anilines is 1. The Bertz CT molecular complexity index is 1070. The Morgan fingerprint density at radius 1 is 1.18 bits per heavy atom. The van der Waals surface area contributed by atoms with E-state index in [1.54, 1.807) is 17.2 Å². The van der Waals surface area contributed by atoms with Crippen LogP contribution in [-0.2, 0) is 4.79 Å². The van der Waals surface area contributed by atoms with Crippen molar-refractivity contribution < 1.29 is 9.59 Å². The van der Waals surface area contributed by atoms with Crippen molar-refractivity contribution >= 4 is 40.4 Å². The molecule has 28 heavy (non-hydrogen) atoms. The van der Waals surface area contributed by atoms with Crippen molar-refractivity contribution in [3.8, 4) is 10.6 Å². The Labute approximate surface area is 171 Å². The highest BCUT2D eigenvalue weighted by Gasteiger charge is 2.36. The van der Waals surface area contributed by atoms with Crippen molar-refractivity contribution in [2.75, 3.05) is 4.90 Å². The largest absolute Gasteiger partial charge is 0.369 e. The number of hydrogen-bond donors (Lipinski definition) is 1. The first kappa shape index (κ1) is 18.7. The molecular formula is C21H18ClN3O2S. The van der Waals surface area contributed by atoms with E-state index in [0.717, 1.165) is 16.8 Å². The highest BCUT2D eigenvalue weighted by Crippen LogP contribution is 2.40. The van der Waals surface area contributed by atoms with Gasteiger partial charge in [-0.25, -0.2) is 4.98 Å². The highest BCUT2D eigenvalue weighted by molar-refractivity contribution is 7.17. The molecule has 0 aliphatic carbocycles. The monoisotopic (exact) mass is 411 g/mol. The Hall–Kier alpha value is -2.70. The van der Waals surface area contributed by atoms with Gasteiger partial charge in [0.2, 0.25) is 5.91 Å². The maximum atomic E-state index is 13.3. The molecule has 1 aromatic heterocycles. The molecule has 3 aromatic rings. The number of nitrogens with two attached hydrogens (primary N) is 1. The third-order valence-corrected chi connectivity index (χ3v) is 6.32. The van der Waals surface area contributed by atoms with Gasteiger partial charge in [-0.1, -0.05) is 48.0 Å². The van der Waals surface area contributed by atoms with Gasteiger partial charge in [-0.2, -0.15) is 0 Å². The standard InChI is InChI=1S/C21H18ClN3O2S/c1-12-10-15(19(23)26)13-6-3-5-9-17(13)25(12)21(27)18-11-24-20(28-18)14-7-2-4-8-16(14)22/h2-9,11-12,15H,10H2,1H3,(H2,23,26)/t12-,15+/m1/s1. The normalized spacial score (nSPS) is 18.6. The van der Waals surface area contributed by atoms with E-state index in [4.69, 9.17) is 17.3 Å². The maximum Gasteiger partial charge on any atom is 0.270 e. The van der Waals surface area contributed by atoms with Crippen LogP contribution in [-0.4, -0.2) is 22.8 Å². The minimum atomic E-state index is -0.393. The van der Waals surface area contributed by atoms with Crippen molar-refractivity contribution in [3.05, 3.63) is 70.2 Å². The molecular weight excluding hydrogens is 394 g/mol. The lowest BCUT2D eigenvalue weighted by atomic mass is 9.85. The lowest BCUT2D eigenvalue weighted by molar-refractivity contribution is -0.119. The van der Waals surface area contributed by atoms with Crippen LogP contribution in [0.1, 0.15) is 34.5 Å². The first-order chi connectivity index (χ1) is 13.5. The second-order valence-corrected chi connectivity index (χ2v) is 8.22. The fourth-order valence-electron chi connectivity index (χ4n) is 3.64. The number of amides is 2. The second kappa shape index (κ2) is 7.37. The summed E-state index contributed by atoms with van der Waals surface area (Å²) in [5.74, 6) is -0.903. The van der Waals surface area contributed by atoms with Crippen molar-refractivity contribution in [2.45, 2.75) is 25.3 Å². The zero-order chi connectivity index (χ0) is 19.8. The first-order valence-electron chi connectivity index (χ1n) is 8.90. The van der Waals surface area contributed by atoms with Gasteiger partial charge in [0.05, 0.1) is 17.1 Å². The number of fused-ring (bicyclic) bond motifs is 1. The molecule has 2 amide bonds. The number of aromatic nitrogens is 1. The van der Waals surface area contributed by atoms with Gasteiger partial charge in [-0.3, -0.25) is 9.59 Å². The number of thiazole rings is 1. The van der Waals surface area contributed by atoms with Gasteiger partial charge >= 0.3 is 0 Å². The summed E-state index contributed by atoms with van der Waals surface area (Å²) in [6.45, 7) is 1.93. The van der Waals surface area contributed by atoms with Crippen LogP contribution in [0.3, 0.4) is 0 Å². The predicted octanol–water partition coefficient (Wildman–Crippen LogP) is 4.47. The van der Waals surface area contributed by atoms with E-state index in [1.165, 1.54) is 11.3 Å². The van der Waals surface area contributed by atoms with Gasteiger partial charge in [0.25, 0.3) is 5.91 Å². The Morgan fingerprint density at radius 3 is 2.64 bits per heavy atom. The van der Waals surface area contributed by atoms with Crippen LogP contribution in [0.2, 0.25) is 5.02 Å². The van der Waals surface area contributed by atoms with Crippen molar-refractivity contribution in [1.82, 2.24) is 4.98 Å². The molecule has 2 aromatic carbocycles. The summed E-state index contributed by atoms with van der Waals surface area (Å²) >= 11 is 7.57. The van der Waals surface area contributed by atoms with Gasteiger partial charge in [-0.15, -0.1) is 11.3 Å². The summed E-state index contributed by atoms with van der Waals surface area (Å²) in [7, 11) is 0. The second-order valence-electron chi connectivity index (χ2n) is 6.78. The molecule has 0 unspecified atom stereocenters. The molecule has 0 bridgehead atoms. The summed E-state index contributed by atoms with van der Waals surface area (Å²) < 4.78 is 0. The molecule has 0 fully saturated rings. The average molecular weight is 412 g/mol. The average Bonchev–Trinajstić information content (AvgIpc) is 3.17. The van der Waals surface area contributed by atoms with Crippen LogP contribution in [0.15, 0.2) is 54.7 Å². The van der Waals surface area contributed by atoms with Crippen LogP contribution >= 0.6 is 22.9 Å². The molecule has 0 radical (unpaired) electrons. The highest BCUT2D eigenvalue weighted by atomic mass is 35.5. The van der Waals surface area contributed by atoms with E-state index in [-0.39, 0.29) is 17.9 Å². The van der Waals surface area contributed by atoms with E-state index in [9.17, 15) is 9.59 Å². The number of para-hydroxylation sites is 1. The predicted molar refractivity (Wildman–Crippen MR) is 112 cm³/mol. The fraction of sp³-hybridized carbons (Fsp3) is 0.190. The summed E-state index contributed by atoms with van der Waals surface area (Å²) in [5.41, 5.74) is 7.91. The third-order valence-electron chi connectivity index (χ3n) is 4.97. The minimum Gasteiger partial charge on any atom is -0.369 e. The SMILES string of the molecule is C[C@@H]1C[C@H](C(N)=O)c2ccccc2N1C(=O)c1cnc(-c2ccccc2Cl)s1. The molecule has 7 heteroatoms. The van der Waals surface area contributed by atoms with E-state index in [2.05, 4.69) is 4.98 Å². The van der Waals surface area contributed by atoms with Gasteiger partial charge in [-0.05, 0) is 31.0 Å². The van der Waals surface area contributed by atoms with Gasteiger partial charge in [0.1, 0.15) is 9.88 Å². The summed E-state index contributed by atoms with van der Waals surface area (Å²) in [4.78, 5) is 31.9. The van der Waals surface area contributed by atoms with Crippen molar-refractivity contribution in [3.63, 3.8) is 0 Å². The van der Waals surface area contributed by atoms with E-state index in [0.29, 0.717) is 21.3 Å². The van der Waals surface area contributed by atoms with E-state index >= 15 is 0 Å². The van der Waals surface area contributed by atoms with Crippen LogP contribution in [0, 0.1) is 0 Å². The quantitative estimate of drug-likeness (QED) is 0.690. The number of rotatable bonds is 3. The van der Waals surface area contributed by atoms with Crippen LogP contribution < -0.4 is 10.6 Å². The number of nitrogens with zero attached hydrogens (tertiary/aromatic N) is 2. The number of primary amides is 1. The molecule has 0 spiro atoms. The minimum absolute atomic E-state index is 0.140. The topological polar surface area (TPSA) is 76.3 Å². The summed E-state index contributed by atoms with van der Waals surface area (Å²) in [5, 5.41) is 1.29. The molecule has 1 aliphatic heterocycles. The van der Waals surface area contributed by atoms with Crippen molar-refractivity contribution in [1.29, 1.82) is 0 Å². The van der Waals surface area contributed by atoms with Crippen LogP contribution in [0.5, 0.6) is 0 Å². The molecule has 4 rings (SSSR count). The van der Waals surface area contributed by atoms with E-state index in [1.807, 2.05) is 49.4 Å². The Morgan fingerprint density at radius 2 is 1.89 bits per heavy atom. The number of benzene rings is 2. The molecule has 2 N–H and O–H groups in total. The lowest BCUT2D eigenvalue weighted by Crippen LogP contribution is -2.45. The molecule has 2 atom stereocenters. The van der Waals surface area contributed by atoms with Crippen molar-refractivity contribution in [2.24, 2.45) is 5.73 Å². The molecule has 5 nitrogen and oxygen atoms in total. The number of carbonyl (C=O) groups is 2. The van der Waals surface area contributed by atoms with Crippen LogP contribution in [0.25, 0.3) is 10.6 Å². The molecule has 142 valence electrons. The summed E-state index contributed by atoms with van der Waals surface area (Å²) in [6.07, 6.45) is 2.08. The Kier molecular flexibility index (Phi) is 4.91. The van der Waals surface area contributed by atoms with Gasteiger partial charge in [0.15, 0.2) is 0 Å². The molecule has 0 saturated heterocycles. The van der Waals surface area contributed by atoms with Gasteiger partial charge in [0, 0.05) is 17.3 Å². The first-order valence-corrected chi connectivity index (χ1v) is 10.1. The Balaban J connectivity index is 1.71. The molecule has 0 saturated carbocycles. The maximum absolute atomic E-state index is 13.3. The summed E-state index contributed by atoms with van der Waals surface area (Å²) in [6, 6.07) is 14.7. The zero-order valence-electron chi connectivity index (χ0n) is 15.1.